The summed E-state index contributed by atoms with van der Waals surface area (Å²) in [5.41, 5.74) is 1.28. The van der Waals surface area contributed by atoms with Crippen LogP contribution >= 0.6 is 0 Å². The summed E-state index contributed by atoms with van der Waals surface area (Å²) in [5, 5.41) is 0. The summed E-state index contributed by atoms with van der Waals surface area (Å²) in [7, 11) is 0. The minimum Gasteiger partial charge on any atom is -0.462 e. The van der Waals surface area contributed by atoms with E-state index < -0.39 is 11.9 Å². The number of ether oxygens (including phenoxy) is 2. The number of para-hydroxylation sites is 1. The van der Waals surface area contributed by atoms with Gasteiger partial charge in [-0.3, -0.25) is 0 Å². The monoisotopic (exact) mass is 312 g/mol. The molecule has 0 aromatic heterocycles. The minimum atomic E-state index is -0.567. The molecule has 0 spiro atoms. The molecule has 4 nitrogen and oxygen atoms in total. The molecule has 2 rings (SSSR count). The van der Waals surface area contributed by atoms with Gasteiger partial charge in [0, 0.05) is 0 Å². The third-order valence-corrected chi connectivity index (χ3v) is 3.39. The SMILES string of the molecule is CCCCOC(=O)c1ccccc1C(=O)Oc1ccccc1C. The Morgan fingerprint density at radius 1 is 0.913 bits per heavy atom. The van der Waals surface area contributed by atoms with Gasteiger partial charge in [0.05, 0.1) is 17.7 Å². The first-order valence-electron chi connectivity index (χ1n) is 7.67. The van der Waals surface area contributed by atoms with E-state index in [0.717, 1.165) is 18.4 Å². The second kappa shape index (κ2) is 8.13. The Morgan fingerprint density at radius 2 is 1.52 bits per heavy atom. The first-order valence-corrected chi connectivity index (χ1v) is 7.67. The van der Waals surface area contributed by atoms with Crippen LogP contribution in [0.5, 0.6) is 5.75 Å². The van der Waals surface area contributed by atoms with Crippen molar-refractivity contribution in [3.63, 3.8) is 0 Å². The Labute approximate surface area is 136 Å². The van der Waals surface area contributed by atoms with Crippen LogP contribution in [0.15, 0.2) is 48.5 Å². The fourth-order valence-electron chi connectivity index (χ4n) is 2.05. The quantitative estimate of drug-likeness (QED) is 0.456. The predicted molar refractivity (Wildman–Crippen MR) is 87.8 cm³/mol. The summed E-state index contributed by atoms with van der Waals surface area (Å²) in [6.07, 6.45) is 1.73. The van der Waals surface area contributed by atoms with E-state index in [1.165, 1.54) is 0 Å². The van der Waals surface area contributed by atoms with Gasteiger partial charge in [-0.15, -0.1) is 0 Å². The van der Waals surface area contributed by atoms with E-state index in [-0.39, 0.29) is 11.1 Å². The van der Waals surface area contributed by atoms with Gasteiger partial charge in [-0.2, -0.15) is 0 Å². The van der Waals surface area contributed by atoms with E-state index in [1.807, 2.05) is 26.0 Å². The molecule has 0 heterocycles. The fourth-order valence-corrected chi connectivity index (χ4v) is 2.05. The Bertz CT molecular complexity index is 691. The first kappa shape index (κ1) is 16.7. The Kier molecular flexibility index (Phi) is 5.92. The van der Waals surface area contributed by atoms with Crippen molar-refractivity contribution >= 4 is 11.9 Å². The molecule has 2 aromatic rings. The molecule has 0 aliphatic heterocycles. The minimum absolute atomic E-state index is 0.206. The van der Waals surface area contributed by atoms with Gasteiger partial charge in [0.1, 0.15) is 5.75 Å². The molecule has 0 fully saturated rings. The summed E-state index contributed by atoms with van der Waals surface area (Å²) in [5.74, 6) is -0.593. The average Bonchev–Trinajstić information content (AvgIpc) is 2.57. The standard InChI is InChI=1S/C19H20O4/c1-3-4-13-22-18(20)15-10-6-7-11-16(15)19(21)23-17-12-8-5-9-14(17)2/h5-12H,3-4,13H2,1-2H3. The zero-order chi connectivity index (χ0) is 16.7. The van der Waals surface area contributed by atoms with E-state index in [2.05, 4.69) is 0 Å². The maximum atomic E-state index is 12.4. The lowest BCUT2D eigenvalue weighted by atomic mass is 10.1. The molecule has 0 amide bonds. The molecule has 0 N–H and O–H groups in total. The topological polar surface area (TPSA) is 52.6 Å². The molecule has 0 atom stereocenters. The van der Waals surface area contributed by atoms with Crippen molar-refractivity contribution in [3.05, 3.63) is 65.2 Å². The predicted octanol–water partition coefficient (Wildman–Crippen LogP) is 4.17. The van der Waals surface area contributed by atoms with Crippen molar-refractivity contribution in [2.45, 2.75) is 26.7 Å². The normalized spacial score (nSPS) is 10.2. The molecule has 0 unspecified atom stereocenters. The van der Waals surface area contributed by atoms with E-state index in [9.17, 15) is 9.59 Å². The fraction of sp³-hybridized carbons (Fsp3) is 0.263. The molecule has 0 aliphatic rings. The smallest absolute Gasteiger partial charge is 0.344 e. The van der Waals surface area contributed by atoms with Gasteiger partial charge in [0.25, 0.3) is 0 Å². The number of benzene rings is 2. The highest BCUT2D eigenvalue weighted by Crippen LogP contribution is 2.19. The number of aryl methyl sites for hydroxylation is 1. The second-order valence-corrected chi connectivity index (χ2v) is 5.19. The molecule has 2 aromatic carbocycles. The molecule has 0 saturated heterocycles. The Morgan fingerprint density at radius 3 is 2.17 bits per heavy atom. The van der Waals surface area contributed by atoms with Gasteiger partial charge in [0.2, 0.25) is 0 Å². The number of carbonyl (C=O) groups excluding carboxylic acids is 2. The van der Waals surface area contributed by atoms with Gasteiger partial charge in [-0.1, -0.05) is 43.7 Å². The molecule has 23 heavy (non-hydrogen) atoms. The molecule has 0 bridgehead atoms. The van der Waals surface area contributed by atoms with Crippen molar-refractivity contribution < 1.29 is 19.1 Å². The lowest BCUT2D eigenvalue weighted by Gasteiger charge is -2.10. The number of carbonyl (C=O) groups is 2. The van der Waals surface area contributed by atoms with E-state index in [0.29, 0.717) is 12.4 Å². The molecule has 4 heteroatoms. The largest absolute Gasteiger partial charge is 0.462 e. The number of rotatable bonds is 6. The van der Waals surface area contributed by atoms with Gasteiger partial charge in [-0.25, -0.2) is 9.59 Å². The van der Waals surface area contributed by atoms with Crippen molar-refractivity contribution in [3.8, 4) is 5.75 Å². The van der Waals surface area contributed by atoms with Crippen LogP contribution in [0.4, 0.5) is 0 Å². The van der Waals surface area contributed by atoms with Crippen molar-refractivity contribution in [1.82, 2.24) is 0 Å². The van der Waals surface area contributed by atoms with Crippen molar-refractivity contribution in [2.75, 3.05) is 6.61 Å². The van der Waals surface area contributed by atoms with Crippen molar-refractivity contribution in [1.29, 1.82) is 0 Å². The first-order chi connectivity index (χ1) is 11.1. The Balaban J connectivity index is 2.17. The zero-order valence-electron chi connectivity index (χ0n) is 13.4. The maximum absolute atomic E-state index is 12.4. The highest BCUT2D eigenvalue weighted by Gasteiger charge is 2.19. The van der Waals surface area contributed by atoms with Crippen LogP contribution in [0.2, 0.25) is 0 Å². The average molecular weight is 312 g/mol. The van der Waals surface area contributed by atoms with Gasteiger partial charge < -0.3 is 9.47 Å². The van der Waals surface area contributed by atoms with Crippen LogP contribution in [0.25, 0.3) is 0 Å². The zero-order valence-corrected chi connectivity index (χ0v) is 13.4. The van der Waals surface area contributed by atoms with Crippen LogP contribution in [0, 0.1) is 6.92 Å². The molecule has 120 valence electrons. The van der Waals surface area contributed by atoms with Gasteiger partial charge >= 0.3 is 11.9 Å². The van der Waals surface area contributed by atoms with Crippen LogP contribution in [-0.4, -0.2) is 18.5 Å². The number of unbranched alkanes of at least 4 members (excludes halogenated alkanes) is 1. The molecule has 0 radical (unpaired) electrons. The number of esters is 2. The maximum Gasteiger partial charge on any atom is 0.344 e. The molecular weight excluding hydrogens is 292 g/mol. The third-order valence-electron chi connectivity index (χ3n) is 3.39. The van der Waals surface area contributed by atoms with Crippen molar-refractivity contribution in [2.24, 2.45) is 0 Å². The summed E-state index contributed by atoms with van der Waals surface area (Å²) in [6, 6.07) is 13.8. The third kappa shape index (κ3) is 4.42. The van der Waals surface area contributed by atoms with E-state index in [4.69, 9.17) is 9.47 Å². The van der Waals surface area contributed by atoms with Crippen LogP contribution in [-0.2, 0) is 4.74 Å². The van der Waals surface area contributed by atoms with Crippen LogP contribution in [0.1, 0.15) is 46.0 Å². The molecule has 0 aliphatic carbocycles. The van der Waals surface area contributed by atoms with Gasteiger partial charge in [-0.05, 0) is 37.1 Å². The summed E-state index contributed by atoms with van der Waals surface area (Å²) >= 11 is 0. The van der Waals surface area contributed by atoms with E-state index in [1.54, 1.807) is 36.4 Å². The lowest BCUT2D eigenvalue weighted by Crippen LogP contribution is -2.16. The highest BCUT2D eigenvalue weighted by atomic mass is 16.5. The summed E-state index contributed by atoms with van der Waals surface area (Å²) in [4.78, 5) is 24.5. The lowest BCUT2D eigenvalue weighted by molar-refractivity contribution is 0.0491. The summed E-state index contributed by atoms with van der Waals surface area (Å²) < 4.78 is 10.6. The van der Waals surface area contributed by atoms with E-state index >= 15 is 0 Å². The number of hydrogen-bond donors (Lipinski definition) is 0. The van der Waals surface area contributed by atoms with Gasteiger partial charge in [0.15, 0.2) is 0 Å². The second-order valence-electron chi connectivity index (χ2n) is 5.19. The molecular formula is C19H20O4. The van der Waals surface area contributed by atoms with Crippen LogP contribution < -0.4 is 4.74 Å². The summed E-state index contributed by atoms with van der Waals surface area (Å²) in [6.45, 7) is 4.21. The Hall–Kier alpha value is -2.62. The van der Waals surface area contributed by atoms with Crippen LogP contribution in [0.3, 0.4) is 0 Å². The molecule has 0 saturated carbocycles. The number of hydrogen-bond acceptors (Lipinski definition) is 4. The highest BCUT2D eigenvalue weighted by molar-refractivity contribution is 6.03.